The highest BCUT2D eigenvalue weighted by Crippen LogP contribution is 2.27. The van der Waals surface area contributed by atoms with E-state index in [-0.39, 0.29) is 10.6 Å². The third-order valence-corrected chi connectivity index (χ3v) is 4.08. The number of aromatic carboxylic acids is 1. The van der Waals surface area contributed by atoms with Crippen molar-refractivity contribution in [3.05, 3.63) is 28.8 Å². The van der Waals surface area contributed by atoms with Crippen LogP contribution in [0.4, 0.5) is 0 Å². The van der Waals surface area contributed by atoms with Crippen molar-refractivity contribution in [1.29, 1.82) is 0 Å². The third kappa shape index (κ3) is 3.37. The maximum atomic E-state index is 10.9. The molecule has 1 aromatic rings. The molecule has 0 radical (unpaired) electrons. The van der Waals surface area contributed by atoms with Crippen molar-refractivity contribution in [2.45, 2.75) is 23.8 Å². The first-order chi connectivity index (χ1) is 8.16. The van der Waals surface area contributed by atoms with E-state index in [1.807, 2.05) is 6.07 Å². The molecule has 0 saturated carbocycles. The second-order valence-electron chi connectivity index (χ2n) is 3.89. The minimum atomic E-state index is -0.991. The van der Waals surface area contributed by atoms with Gasteiger partial charge in [-0.25, -0.2) is 4.79 Å². The van der Waals surface area contributed by atoms with Gasteiger partial charge in [0.05, 0.1) is 16.7 Å². The largest absolute Gasteiger partial charge is 0.478 e. The average Bonchev–Trinajstić information content (AvgIpc) is 2.80. The van der Waals surface area contributed by atoms with E-state index in [1.54, 1.807) is 23.9 Å². The zero-order valence-electron chi connectivity index (χ0n) is 9.19. The number of hydrogen-bond donors (Lipinski definition) is 1. The summed E-state index contributed by atoms with van der Waals surface area (Å²) in [6, 6.07) is 5.08. The van der Waals surface area contributed by atoms with Crippen LogP contribution in [-0.4, -0.2) is 29.5 Å². The van der Waals surface area contributed by atoms with Gasteiger partial charge in [0, 0.05) is 17.3 Å². The van der Waals surface area contributed by atoms with Crippen LogP contribution in [0.2, 0.25) is 5.02 Å². The fourth-order valence-corrected chi connectivity index (χ4v) is 2.93. The van der Waals surface area contributed by atoms with E-state index in [1.165, 1.54) is 0 Å². The summed E-state index contributed by atoms with van der Waals surface area (Å²) >= 11 is 7.41. The van der Waals surface area contributed by atoms with Crippen LogP contribution in [0.15, 0.2) is 23.1 Å². The van der Waals surface area contributed by atoms with E-state index < -0.39 is 5.97 Å². The van der Waals surface area contributed by atoms with Crippen molar-refractivity contribution >= 4 is 29.3 Å². The Morgan fingerprint density at radius 3 is 3.06 bits per heavy atom. The van der Waals surface area contributed by atoms with Gasteiger partial charge in [0.15, 0.2) is 0 Å². The number of carbonyl (C=O) groups is 1. The normalized spacial score (nSPS) is 19.5. The van der Waals surface area contributed by atoms with Crippen LogP contribution in [0, 0.1) is 0 Å². The van der Waals surface area contributed by atoms with Crippen LogP contribution in [0.1, 0.15) is 23.2 Å². The summed E-state index contributed by atoms with van der Waals surface area (Å²) in [4.78, 5) is 11.8. The highest BCUT2D eigenvalue weighted by atomic mass is 35.5. The van der Waals surface area contributed by atoms with Crippen molar-refractivity contribution in [3.8, 4) is 0 Å². The molecule has 0 amide bonds. The van der Waals surface area contributed by atoms with Crippen molar-refractivity contribution < 1.29 is 14.6 Å². The van der Waals surface area contributed by atoms with Crippen LogP contribution < -0.4 is 0 Å². The van der Waals surface area contributed by atoms with Crippen molar-refractivity contribution in [1.82, 2.24) is 0 Å². The molecule has 1 unspecified atom stereocenters. The van der Waals surface area contributed by atoms with Gasteiger partial charge in [-0.1, -0.05) is 11.6 Å². The Bertz CT molecular complexity index is 416. The molecule has 5 heteroatoms. The fourth-order valence-electron chi connectivity index (χ4n) is 1.72. The van der Waals surface area contributed by atoms with E-state index in [2.05, 4.69) is 0 Å². The maximum absolute atomic E-state index is 10.9. The molecule has 0 spiro atoms. The molecule has 1 aliphatic rings. The topological polar surface area (TPSA) is 46.5 Å². The number of rotatable bonds is 4. The standard InChI is InChI=1S/C12H13ClO3S/c13-11-4-3-9(6-10(11)12(14)15)17-7-8-2-1-5-16-8/h3-4,6,8H,1-2,5,7H2,(H,14,15). The number of hydrogen-bond acceptors (Lipinski definition) is 3. The molecule has 2 rings (SSSR count). The molecule has 1 saturated heterocycles. The third-order valence-electron chi connectivity index (χ3n) is 2.63. The minimum absolute atomic E-state index is 0.156. The molecule has 17 heavy (non-hydrogen) atoms. The summed E-state index contributed by atoms with van der Waals surface area (Å²) in [5.41, 5.74) is 0.156. The molecule has 1 N–H and O–H groups in total. The van der Waals surface area contributed by atoms with Crippen molar-refractivity contribution in [2.24, 2.45) is 0 Å². The Balaban J connectivity index is 2.00. The summed E-state index contributed by atoms with van der Waals surface area (Å²) in [6.07, 6.45) is 2.50. The molecule has 1 aliphatic heterocycles. The number of ether oxygens (including phenoxy) is 1. The van der Waals surface area contributed by atoms with Gasteiger partial charge in [0.25, 0.3) is 0 Å². The van der Waals surface area contributed by atoms with E-state index >= 15 is 0 Å². The lowest BCUT2D eigenvalue weighted by molar-refractivity contribution is 0.0697. The predicted molar refractivity (Wildman–Crippen MR) is 68.1 cm³/mol. The first-order valence-electron chi connectivity index (χ1n) is 5.44. The smallest absolute Gasteiger partial charge is 0.337 e. The summed E-state index contributed by atoms with van der Waals surface area (Å²) in [7, 11) is 0. The van der Waals surface area contributed by atoms with Gasteiger partial charge >= 0.3 is 5.97 Å². The molecule has 0 bridgehead atoms. The lowest BCUT2D eigenvalue weighted by Gasteiger charge is -2.09. The minimum Gasteiger partial charge on any atom is -0.478 e. The molecule has 1 aromatic carbocycles. The fraction of sp³-hybridized carbons (Fsp3) is 0.417. The highest BCUT2D eigenvalue weighted by Gasteiger charge is 2.16. The molecule has 3 nitrogen and oxygen atoms in total. The van der Waals surface area contributed by atoms with Crippen LogP contribution in [0.3, 0.4) is 0 Å². The number of thioether (sulfide) groups is 1. The maximum Gasteiger partial charge on any atom is 0.337 e. The summed E-state index contributed by atoms with van der Waals surface area (Å²) in [6.45, 7) is 0.840. The first-order valence-corrected chi connectivity index (χ1v) is 6.80. The van der Waals surface area contributed by atoms with Crippen LogP contribution in [-0.2, 0) is 4.74 Å². The molecular formula is C12H13ClO3S. The summed E-state index contributed by atoms with van der Waals surface area (Å²) < 4.78 is 5.51. The first kappa shape index (κ1) is 12.7. The van der Waals surface area contributed by atoms with Crippen LogP contribution in [0.25, 0.3) is 0 Å². The highest BCUT2D eigenvalue weighted by molar-refractivity contribution is 7.99. The second kappa shape index (κ2) is 5.76. The summed E-state index contributed by atoms with van der Waals surface area (Å²) in [5, 5.41) is 9.23. The van der Waals surface area contributed by atoms with Gasteiger partial charge in [-0.05, 0) is 31.0 Å². The Hall–Kier alpha value is -0.710. The van der Waals surface area contributed by atoms with Crippen LogP contribution in [0.5, 0.6) is 0 Å². The van der Waals surface area contributed by atoms with Crippen LogP contribution >= 0.6 is 23.4 Å². The van der Waals surface area contributed by atoms with Crippen molar-refractivity contribution in [2.75, 3.05) is 12.4 Å². The van der Waals surface area contributed by atoms with Crippen molar-refractivity contribution in [3.63, 3.8) is 0 Å². The number of benzene rings is 1. The van der Waals surface area contributed by atoms with Gasteiger partial charge in [0.1, 0.15) is 0 Å². The SMILES string of the molecule is O=C(O)c1cc(SCC2CCCO2)ccc1Cl. The van der Waals surface area contributed by atoms with Gasteiger partial charge in [-0.15, -0.1) is 11.8 Å². The number of carboxylic acid groups (broad SMARTS) is 1. The van der Waals surface area contributed by atoms with E-state index in [4.69, 9.17) is 21.4 Å². The Labute approximate surface area is 109 Å². The van der Waals surface area contributed by atoms with E-state index in [0.29, 0.717) is 6.10 Å². The number of carboxylic acids is 1. The Kier molecular flexibility index (Phi) is 4.31. The molecule has 1 fully saturated rings. The van der Waals surface area contributed by atoms with E-state index in [9.17, 15) is 4.79 Å². The average molecular weight is 273 g/mol. The van der Waals surface area contributed by atoms with E-state index in [0.717, 1.165) is 30.1 Å². The Morgan fingerprint density at radius 2 is 2.41 bits per heavy atom. The number of halogens is 1. The van der Waals surface area contributed by atoms with Gasteiger partial charge in [0.2, 0.25) is 0 Å². The monoisotopic (exact) mass is 272 g/mol. The van der Waals surface area contributed by atoms with Gasteiger partial charge in [-0.3, -0.25) is 0 Å². The predicted octanol–water partition coefficient (Wildman–Crippen LogP) is 3.31. The molecule has 1 atom stereocenters. The lowest BCUT2D eigenvalue weighted by Crippen LogP contribution is -2.07. The van der Waals surface area contributed by atoms with Gasteiger partial charge < -0.3 is 9.84 Å². The summed E-state index contributed by atoms with van der Waals surface area (Å²) in [5.74, 6) is -0.129. The molecule has 1 heterocycles. The quantitative estimate of drug-likeness (QED) is 0.854. The second-order valence-corrected chi connectivity index (χ2v) is 5.39. The molecule has 0 aromatic heterocycles. The lowest BCUT2D eigenvalue weighted by atomic mass is 10.2. The zero-order chi connectivity index (χ0) is 12.3. The molecule has 0 aliphatic carbocycles. The molecular weight excluding hydrogens is 260 g/mol. The zero-order valence-corrected chi connectivity index (χ0v) is 10.8. The Morgan fingerprint density at radius 1 is 1.59 bits per heavy atom. The molecule has 92 valence electrons. The van der Waals surface area contributed by atoms with Gasteiger partial charge in [-0.2, -0.15) is 0 Å².